The van der Waals surface area contributed by atoms with Gasteiger partial charge >= 0.3 is 0 Å². The Balaban J connectivity index is 1.60. The number of hydrogen-bond donors (Lipinski definition) is 2. The Kier molecular flexibility index (Phi) is 4.71. The maximum absolute atomic E-state index is 5.49. The Bertz CT molecular complexity index is 656. The third-order valence-corrected chi connectivity index (χ3v) is 4.34. The Morgan fingerprint density at radius 1 is 1.35 bits per heavy atom. The van der Waals surface area contributed by atoms with Crippen LogP contribution in [0, 0.1) is 5.92 Å². The van der Waals surface area contributed by atoms with E-state index in [9.17, 15) is 0 Å². The smallest absolute Gasteiger partial charge is 0.127 e. The number of benzene rings is 1. The van der Waals surface area contributed by atoms with Gasteiger partial charge in [0, 0.05) is 49.3 Å². The van der Waals surface area contributed by atoms with Crippen molar-refractivity contribution >= 4 is 5.82 Å². The highest BCUT2D eigenvalue weighted by molar-refractivity contribution is 5.42. The van der Waals surface area contributed by atoms with Crippen molar-refractivity contribution in [2.45, 2.75) is 19.5 Å². The lowest BCUT2D eigenvalue weighted by Gasteiger charge is -2.27. The van der Waals surface area contributed by atoms with Crippen LogP contribution in [-0.4, -0.2) is 37.1 Å². The molecule has 1 aromatic carbocycles. The van der Waals surface area contributed by atoms with Gasteiger partial charge < -0.3 is 20.1 Å². The first-order valence-corrected chi connectivity index (χ1v) is 7.92. The molecule has 23 heavy (non-hydrogen) atoms. The van der Waals surface area contributed by atoms with Gasteiger partial charge in [-0.05, 0) is 13.0 Å². The van der Waals surface area contributed by atoms with Crippen LogP contribution in [0.15, 0.2) is 30.5 Å². The minimum atomic E-state index is 0.204. The second-order valence-corrected chi connectivity index (χ2v) is 5.88. The van der Waals surface area contributed by atoms with Gasteiger partial charge in [0.15, 0.2) is 0 Å². The molecule has 6 heteroatoms. The van der Waals surface area contributed by atoms with E-state index in [1.807, 2.05) is 29.1 Å². The fraction of sp³-hybridized carbons (Fsp3) is 0.471. The predicted molar refractivity (Wildman–Crippen MR) is 90.2 cm³/mol. The normalized spacial score (nSPS) is 18.0. The molecular weight excluding hydrogens is 292 g/mol. The zero-order chi connectivity index (χ0) is 16.2. The highest BCUT2D eigenvalue weighted by Gasteiger charge is 2.19. The molecule has 124 valence electrons. The Morgan fingerprint density at radius 3 is 3.00 bits per heavy atom. The van der Waals surface area contributed by atoms with Crippen LogP contribution >= 0.6 is 0 Å². The Labute approximate surface area is 136 Å². The summed E-state index contributed by atoms with van der Waals surface area (Å²) in [6, 6.07) is 8.16. The molecule has 1 aromatic heterocycles. The van der Waals surface area contributed by atoms with Crippen molar-refractivity contribution < 1.29 is 9.47 Å². The topological polar surface area (TPSA) is 60.3 Å². The number of aromatic nitrogens is 2. The molecule has 0 bridgehead atoms. The molecular formula is C17H24N4O2. The molecule has 1 aliphatic rings. The summed E-state index contributed by atoms with van der Waals surface area (Å²) in [5.41, 5.74) is 1.14. The van der Waals surface area contributed by atoms with Gasteiger partial charge in [0.05, 0.1) is 20.4 Å². The van der Waals surface area contributed by atoms with Crippen LogP contribution in [0.3, 0.4) is 0 Å². The van der Waals surface area contributed by atoms with Crippen molar-refractivity contribution in [2.24, 2.45) is 5.92 Å². The van der Waals surface area contributed by atoms with Crippen LogP contribution in [0.5, 0.6) is 11.5 Å². The van der Waals surface area contributed by atoms with E-state index in [1.54, 1.807) is 14.2 Å². The average molecular weight is 316 g/mol. The number of nitrogens with zero attached hydrogens (tertiary/aromatic N) is 2. The number of hydrogen-bond acceptors (Lipinski definition) is 5. The van der Waals surface area contributed by atoms with Crippen LogP contribution in [0.1, 0.15) is 18.5 Å². The summed E-state index contributed by atoms with van der Waals surface area (Å²) in [5.74, 6) is 3.26. The first-order chi connectivity index (χ1) is 11.2. The molecule has 0 saturated carbocycles. The molecule has 0 spiro atoms. The predicted octanol–water partition coefficient (Wildman–Crippen LogP) is 2.29. The third kappa shape index (κ3) is 3.42. The Morgan fingerprint density at radius 2 is 2.22 bits per heavy atom. The van der Waals surface area contributed by atoms with Gasteiger partial charge in [0.2, 0.25) is 0 Å². The molecule has 1 aliphatic heterocycles. The maximum Gasteiger partial charge on any atom is 0.127 e. The second kappa shape index (κ2) is 6.91. The number of ether oxygens (including phenoxy) is 2. The van der Waals surface area contributed by atoms with Crippen molar-refractivity contribution in [3.8, 4) is 11.5 Å². The van der Waals surface area contributed by atoms with Gasteiger partial charge in [0.25, 0.3) is 0 Å². The van der Waals surface area contributed by atoms with Crippen molar-refractivity contribution in [3.05, 3.63) is 36.0 Å². The van der Waals surface area contributed by atoms with E-state index >= 15 is 0 Å². The summed E-state index contributed by atoms with van der Waals surface area (Å²) in [6.07, 6.45) is 1.84. The molecule has 0 aliphatic carbocycles. The minimum Gasteiger partial charge on any atom is -0.497 e. The lowest BCUT2D eigenvalue weighted by molar-refractivity contribution is 0.364. The quantitative estimate of drug-likeness (QED) is 0.856. The molecule has 2 aromatic rings. The third-order valence-electron chi connectivity index (χ3n) is 4.34. The summed E-state index contributed by atoms with van der Waals surface area (Å²) >= 11 is 0. The number of anilines is 1. The Hall–Kier alpha value is -2.21. The molecule has 2 atom stereocenters. The van der Waals surface area contributed by atoms with Gasteiger partial charge in [-0.2, -0.15) is 5.10 Å². The molecule has 0 fully saturated rings. The molecule has 0 amide bonds. The van der Waals surface area contributed by atoms with Crippen molar-refractivity contribution in [1.29, 1.82) is 0 Å². The monoisotopic (exact) mass is 316 g/mol. The summed E-state index contributed by atoms with van der Waals surface area (Å²) in [7, 11) is 3.35. The number of methoxy groups -OCH3 is 2. The number of rotatable bonds is 6. The molecule has 0 radical (unpaired) electrons. The van der Waals surface area contributed by atoms with Crippen LogP contribution < -0.4 is 20.1 Å². The minimum absolute atomic E-state index is 0.204. The summed E-state index contributed by atoms with van der Waals surface area (Å²) in [5, 5.41) is 11.3. The SMILES string of the molecule is COc1ccc(C(C)NCC2CNc3ccnn3C2)c(OC)c1. The van der Waals surface area contributed by atoms with Crippen LogP contribution in [0.4, 0.5) is 5.82 Å². The second-order valence-electron chi connectivity index (χ2n) is 5.88. The lowest BCUT2D eigenvalue weighted by atomic mass is 10.0. The molecule has 3 rings (SSSR count). The average Bonchev–Trinajstić information content (AvgIpc) is 3.06. The van der Waals surface area contributed by atoms with E-state index in [4.69, 9.17) is 9.47 Å². The highest BCUT2D eigenvalue weighted by Crippen LogP contribution is 2.29. The summed E-state index contributed by atoms with van der Waals surface area (Å²) in [6.45, 7) is 4.97. The number of fused-ring (bicyclic) bond motifs is 1. The van der Waals surface area contributed by atoms with E-state index in [0.717, 1.165) is 42.5 Å². The van der Waals surface area contributed by atoms with Gasteiger partial charge in [-0.3, -0.25) is 0 Å². The maximum atomic E-state index is 5.49. The van der Waals surface area contributed by atoms with Gasteiger partial charge in [-0.15, -0.1) is 0 Å². The standard InChI is InChI=1S/C17H24N4O2/c1-12(15-5-4-14(22-2)8-16(15)23-3)18-9-13-10-19-17-6-7-20-21(17)11-13/h4-8,12-13,18-19H,9-11H2,1-3H3. The van der Waals surface area contributed by atoms with Crippen molar-refractivity contribution in [3.63, 3.8) is 0 Å². The van der Waals surface area contributed by atoms with E-state index in [-0.39, 0.29) is 6.04 Å². The zero-order valence-electron chi connectivity index (χ0n) is 13.9. The molecule has 2 unspecified atom stereocenters. The number of nitrogens with one attached hydrogen (secondary N) is 2. The lowest BCUT2D eigenvalue weighted by Crippen LogP contribution is -2.36. The van der Waals surface area contributed by atoms with E-state index in [0.29, 0.717) is 5.92 Å². The summed E-state index contributed by atoms with van der Waals surface area (Å²) < 4.78 is 12.8. The van der Waals surface area contributed by atoms with E-state index in [2.05, 4.69) is 28.7 Å². The van der Waals surface area contributed by atoms with Crippen molar-refractivity contribution in [2.75, 3.05) is 32.6 Å². The largest absolute Gasteiger partial charge is 0.497 e. The van der Waals surface area contributed by atoms with E-state index < -0.39 is 0 Å². The van der Waals surface area contributed by atoms with Gasteiger partial charge in [0.1, 0.15) is 17.3 Å². The first kappa shape index (κ1) is 15.7. The van der Waals surface area contributed by atoms with E-state index in [1.165, 1.54) is 0 Å². The van der Waals surface area contributed by atoms with Crippen LogP contribution in [0.25, 0.3) is 0 Å². The van der Waals surface area contributed by atoms with Crippen LogP contribution in [0.2, 0.25) is 0 Å². The fourth-order valence-corrected chi connectivity index (χ4v) is 2.95. The molecule has 6 nitrogen and oxygen atoms in total. The van der Waals surface area contributed by atoms with Gasteiger partial charge in [-0.25, -0.2) is 4.68 Å². The fourth-order valence-electron chi connectivity index (χ4n) is 2.95. The molecule has 2 N–H and O–H groups in total. The molecule has 2 heterocycles. The zero-order valence-corrected chi connectivity index (χ0v) is 13.9. The molecule has 0 saturated heterocycles. The van der Waals surface area contributed by atoms with Gasteiger partial charge in [-0.1, -0.05) is 6.07 Å². The van der Waals surface area contributed by atoms with Crippen molar-refractivity contribution in [1.82, 2.24) is 15.1 Å². The highest BCUT2D eigenvalue weighted by atomic mass is 16.5. The van der Waals surface area contributed by atoms with Crippen LogP contribution in [-0.2, 0) is 6.54 Å². The summed E-state index contributed by atoms with van der Waals surface area (Å²) in [4.78, 5) is 0. The first-order valence-electron chi connectivity index (χ1n) is 7.92.